The highest BCUT2D eigenvalue weighted by molar-refractivity contribution is 6.30. The molecule has 0 spiro atoms. The Morgan fingerprint density at radius 3 is 2.31 bits per heavy atom. The van der Waals surface area contributed by atoms with Gasteiger partial charge in [-0.3, -0.25) is 4.39 Å². The molecular weight excluding hydrogens is 465 g/mol. The Morgan fingerprint density at radius 2 is 1.61 bits per heavy atom. The molecule has 0 N–H and O–H groups in total. The monoisotopic (exact) mass is 501 g/mol. The van der Waals surface area contributed by atoms with Crippen LogP contribution < -0.4 is 0 Å². The number of hydrogen-bond acceptors (Lipinski definition) is 1. The number of nitrogens with zero attached hydrogens (tertiary/aromatic N) is 1. The van der Waals surface area contributed by atoms with Crippen molar-refractivity contribution >= 4 is 22.7 Å². The minimum Gasteiger partial charge on any atom is -0.303 e. The Kier molecular flexibility index (Phi) is 7.93. The zero-order valence-corrected chi connectivity index (χ0v) is 22.3. The fraction of sp³-hybridized carbons (Fsp3) is 0.394. The summed E-state index contributed by atoms with van der Waals surface area (Å²) in [5.74, 6) is 1.69. The van der Waals surface area contributed by atoms with Crippen LogP contribution in [-0.4, -0.2) is 31.2 Å². The second-order valence-electron chi connectivity index (χ2n) is 10.9. The van der Waals surface area contributed by atoms with E-state index in [-0.39, 0.29) is 6.67 Å². The third-order valence-corrected chi connectivity index (χ3v) is 8.27. The number of rotatable bonds is 8. The Morgan fingerprint density at radius 1 is 0.917 bits per heavy atom. The number of hydrogen-bond donors (Lipinski definition) is 0. The number of likely N-dealkylation sites (tertiary alicyclic amines) is 1. The predicted octanol–water partition coefficient (Wildman–Crippen LogP) is 8.35. The van der Waals surface area contributed by atoms with Crippen molar-refractivity contribution < 1.29 is 4.39 Å². The number of allylic oxidation sites excluding steroid dienone is 1. The molecule has 1 atom stereocenters. The molecule has 0 amide bonds. The Labute approximate surface area is 221 Å². The molecule has 36 heavy (non-hydrogen) atoms. The molecule has 0 radical (unpaired) electrons. The summed E-state index contributed by atoms with van der Waals surface area (Å²) in [5.41, 5.74) is 9.58. The third-order valence-electron chi connectivity index (χ3n) is 8.02. The number of fused-ring (bicyclic) bond motifs is 1. The van der Waals surface area contributed by atoms with Crippen molar-refractivity contribution in [2.75, 3.05) is 26.3 Å². The van der Waals surface area contributed by atoms with Gasteiger partial charge in [0.1, 0.15) is 0 Å². The molecule has 1 saturated heterocycles. The van der Waals surface area contributed by atoms with Crippen LogP contribution in [0.5, 0.6) is 0 Å². The number of halogens is 2. The van der Waals surface area contributed by atoms with Crippen molar-refractivity contribution in [3.63, 3.8) is 0 Å². The van der Waals surface area contributed by atoms with E-state index in [4.69, 9.17) is 11.6 Å². The first-order valence-corrected chi connectivity index (χ1v) is 13.9. The van der Waals surface area contributed by atoms with Crippen molar-refractivity contribution in [3.05, 3.63) is 106 Å². The van der Waals surface area contributed by atoms with Gasteiger partial charge < -0.3 is 4.90 Å². The van der Waals surface area contributed by atoms with Gasteiger partial charge in [-0.05, 0) is 94.5 Å². The maximum atomic E-state index is 12.5. The van der Waals surface area contributed by atoms with Crippen LogP contribution in [0.25, 0.3) is 11.1 Å². The smallest absolute Gasteiger partial charge is 0.0906 e. The fourth-order valence-electron chi connectivity index (χ4n) is 6.15. The van der Waals surface area contributed by atoms with Crippen molar-refractivity contribution in [1.29, 1.82) is 0 Å². The van der Waals surface area contributed by atoms with Crippen LogP contribution in [0.4, 0.5) is 4.39 Å². The van der Waals surface area contributed by atoms with Gasteiger partial charge in [0.25, 0.3) is 0 Å². The summed E-state index contributed by atoms with van der Waals surface area (Å²) in [5, 5.41) is 0.777. The van der Waals surface area contributed by atoms with Gasteiger partial charge in [-0.25, -0.2) is 0 Å². The summed E-state index contributed by atoms with van der Waals surface area (Å²) in [6.07, 6.45) is 4.00. The summed E-state index contributed by atoms with van der Waals surface area (Å²) < 4.78 is 12.5. The molecule has 1 heterocycles. The molecular formula is C33H37ClFN. The molecule has 1 aliphatic carbocycles. The fourth-order valence-corrected chi connectivity index (χ4v) is 6.27. The van der Waals surface area contributed by atoms with Gasteiger partial charge >= 0.3 is 0 Å². The first kappa shape index (κ1) is 25.2. The van der Waals surface area contributed by atoms with E-state index in [1.807, 2.05) is 12.1 Å². The largest absolute Gasteiger partial charge is 0.303 e. The van der Waals surface area contributed by atoms with Crippen LogP contribution in [0.2, 0.25) is 5.02 Å². The van der Waals surface area contributed by atoms with Gasteiger partial charge in [-0.15, -0.1) is 0 Å². The van der Waals surface area contributed by atoms with Crippen LogP contribution in [0.15, 0.2) is 72.8 Å². The lowest BCUT2D eigenvalue weighted by atomic mass is 9.78. The van der Waals surface area contributed by atoms with Crippen LogP contribution in [0.3, 0.4) is 0 Å². The van der Waals surface area contributed by atoms with Crippen molar-refractivity contribution in [2.24, 2.45) is 17.8 Å². The molecule has 3 aromatic rings. The quantitative estimate of drug-likeness (QED) is 0.299. The summed E-state index contributed by atoms with van der Waals surface area (Å²) in [4.78, 5) is 2.37. The molecule has 2 aliphatic rings. The van der Waals surface area contributed by atoms with Gasteiger partial charge in [0.15, 0.2) is 0 Å². The van der Waals surface area contributed by atoms with Crippen LogP contribution in [0.1, 0.15) is 54.5 Å². The van der Waals surface area contributed by atoms with E-state index in [0.717, 1.165) is 43.9 Å². The zero-order valence-electron chi connectivity index (χ0n) is 21.5. The number of benzene rings is 3. The minimum atomic E-state index is -0.211. The van der Waals surface area contributed by atoms with Gasteiger partial charge in [-0.1, -0.05) is 86.1 Å². The molecule has 0 bridgehead atoms. The molecule has 3 aromatic carbocycles. The molecule has 1 aliphatic heterocycles. The highest BCUT2D eigenvalue weighted by Gasteiger charge is 2.29. The zero-order chi connectivity index (χ0) is 25.1. The molecule has 0 aromatic heterocycles. The van der Waals surface area contributed by atoms with Gasteiger partial charge in [-0.2, -0.15) is 0 Å². The molecule has 188 valence electrons. The second kappa shape index (κ2) is 11.3. The highest BCUT2D eigenvalue weighted by atomic mass is 35.5. The standard InChI is InChI=1S/C33H37ClFN/c1-23(2)30-17-14-26-6-3-4-7-31(26)33(32(30)28-12-15-29(34)16-13-28)27-10-8-24(9-11-27)20-25-21-36(22-25)19-5-18-35/h3-4,6-13,15-16,23,25,30H,5,14,17-22H2,1-2H3. The first-order valence-electron chi connectivity index (χ1n) is 13.5. The van der Waals surface area contributed by atoms with E-state index in [2.05, 4.69) is 79.4 Å². The Hall–Kier alpha value is -2.42. The highest BCUT2D eigenvalue weighted by Crippen LogP contribution is 2.45. The molecule has 1 unspecified atom stereocenters. The lowest BCUT2D eigenvalue weighted by Crippen LogP contribution is -2.47. The maximum Gasteiger partial charge on any atom is 0.0906 e. The lowest BCUT2D eigenvalue weighted by Gasteiger charge is -2.39. The SMILES string of the molecule is CC(C)C1CCc2ccccc2C(c2ccc(CC3CN(CCCF)C3)cc2)=C1c1ccc(Cl)cc1. The minimum absolute atomic E-state index is 0.211. The normalized spacial score (nSPS) is 18.8. The van der Waals surface area contributed by atoms with E-state index in [0.29, 0.717) is 24.2 Å². The first-order chi connectivity index (χ1) is 17.5. The van der Waals surface area contributed by atoms with Crippen molar-refractivity contribution in [1.82, 2.24) is 4.90 Å². The van der Waals surface area contributed by atoms with Gasteiger partial charge in [0.2, 0.25) is 0 Å². The molecule has 3 heteroatoms. The lowest BCUT2D eigenvalue weighted by molar-refractivity contribution is 0.0968. The van der Waals surface area contributed by atoms with Crippen molar-refractivity contribution in [3.8, 4) is 0 Å². The molecule has 1 fully saturated rings. The average Bonchev–Trinajstić information content (AvgIpc) is 3.04. The van der Waals surface area contributed by atoms with Crippen LogP contribution in [-0.2, 0) is 12.8 Å². The topological polar surface area (TPSA) is 3.24 Å². The van der Waals surface area contributed by atoms with Crippen LogP contribution in [0, 0.1) is 17.8 Å². The maximum absolute atomic E-state index is 12.5. The van der Waals surface area contributed by atoms with E-state index < -0.39 is 0 Å². The van der Waals surface area contributed by atoms with E-state index in [1.165, 1.54) is 39.0 Å². The number of aryl methyl sites for hydroxylation is 1. The summed E-state index contributed by atoms with van der Waals surface area (Å²) in [6.45, 7) is 7.58. The average molecular weight is 502 g/mol. The van der Waals surface area contributed by atoms with Gasteiger partial charge in [0, 0.05) is 24.7 Å². The summed E-state index contributed by atoms with van der Waals surface area (Å²) in [6, 6.07) is 26.7. The van der Waals surface area contributed by atoms with E-state index >= 15 is 0 Å². The van der Waals surface area contributed by atoms with E-state index in [9.17, 15) is 4.39 Å². The molecule has 1 nitrogen and oxygen atoms in total. The second-order valence-corrected chi connectivity index (χ2v) is 11.3. The van der Waals surface area contributed by atoms with Crippen LogP contribution >= 0.6 is 11.6 Å². The predicted molar refractivity (Wildman–Crippen MR) is 151 cm³/mol. The van der Waals surface area contributed by atoms with E-state index in [1.54, 1.807) is 0 Å². The third kappa shape index (κ3) is 5.45. The molecule has 0 saturated carbocycles. The van der Waals surface area contributed by atoms with Crippen molar-refractivity contribution in [2.45, 2.75) is 39.5 Å². The molecule has 5 rings (SSSR count). The Balaban J connectivity index is 1.52. The number of alkyl halides is 1. The van der Waals surface area contributed by atoms with Gasteiger partial charge in [0.05, 0.1) is 6.67 Å². The Bertz CT molecular complexity index is 1190. The summed E-state index contributed by atoms with van der Waals surface area (Å²) >= 11 is 6.29. The summed E-state index contributed by atoms with van der Waals surface area (Å²) in [7, 11) is 0.